The SMILES string of the molecule is NC(Cc1ccccc1)Cc1ccccn1. The molecule has 2 N–H and O–H groups in total. The zero-order valence-corrected chi connectivity index (χ0v) is 9.21. The van der Waals surface area contributed by atoms with Gasteiger partial charge in [-0.3, -0.25) is 4.98 Å². The molecule has 82 valence electrons. The highest BCUT2D eigenvalue weighted by Crippen LogP contribution is 2.05. The van der Waals surface area contributed by atoms with Gasteiger partial charge in [-0.15, -0.1) is 0 Å². The average Bonchev–Trinajstić information content (AvgIpc) is 2.31. The van der Waals surface area contributed by atoms with Gasteiger partial charge in [0, 0.05) is 24.4 Å². The van der Waals surface area contributed by atoms with E-state index in [1.165, 1.54) is 5.56 Å². The van der Waals surface area contributed by atoms with E-state index < -0.39 is 0 Å². The number of hydrogen-bond donors (Lipinski definition) is 1. The fourth-order valence-electron chi connectivity index (χ4n) is 1.78. The van der Waals surface area contributed by atoms with E-state index in [2.05, 4.69) is 17.1 Å². The third-order valence-corrected chi connectivity index (χ3v) is 2.54. The van der Waals surface area contributed by atoms with Crippen LogP contribution in [0.1, 0.15) is 11.3 Å². The van der Waals surface area contributed by atoms with Crippen LogP contribution < -0.4 is 5.73 Å². The molecule has 2 heteroatoms. The summed E-state index contributed by atoms with van der Waals surface area (Å²) in [4.78, 5) is 4.28. The van der Waals surface area contributed by atoms with Crippen LogP contribution in [0.15, 0.2) is 54.7 Å². The second kappa shape index (κ2) is 5.42. The lowest BCUT2D eigenvalue weighted by Gasteiger charge is -2.10. The van der Waals surface area contributed by atoms with Gasteiger partial charge in [0.05, 0.1) is 0 Å². The fourth-order valence-corrected chi connectivity index (χ4v) is 1.78. The molecule has 2 aromatic rings. The van der Waals surface area contributed by atoms with Crippen molar-refractivity contribution in [3.8, 4) is 0 Å². The first-order valence-electron chi connectivity index (χ1n) is 5.54. The van der Waals surface area contributed by atoms with Gasteiger partial charge in [0.1, 0.15) is 0 Å². The summed E-state index contributed by atoms with van der Waals surface area (Å²) in [6, 6.07) is 16.4. The van der Waals surface area contributed by atoms with E-state index in [1.54, 1.807) is 0 Å². The lowest BCUT2D eigenvalue weighted by atomic mass is 10.0. The van der Waals surface area contributed by atoms with Crippen LogP contribution in [0, 0.1) is 0 Å². The zero-order chi connectivity index (χ0) is 11.2. The third-order valence-electron chi connectivity index (χ3n) is 2.54. The van der Waals surface area contributed by atoms with Gasteiger partial charge in [-0.2, -0.15) is 0 Å². The summed E-state index contributed by atoms with van der Waals surface area (Å²) in [7, 11) is 0. The zero-order valence-electron chi connectivity index (χ0n) is 9.21. The molecular formula is C14H16N2. The summed E-state index contributed by atoms with van der Waals surface area (Å²) in [5.74, 6) is 0. The number of rotatable bonds is 4. The van der Waals surface area contributed by atoms with Gasteiger partial charge in [-0.1, -0.05) is 36.4 Å². The molecular weight excluding hydrogens is 196 g/mol. The number of hydrogen-bond acceptors (Lipinski definition) is 2. The van der Waals surface area contributed by atoms with E-state index in [9.17, 15) is 0 Å². The first kappa shape index (κ1) is 10.8. The maximum absolute atomic E-state index is 6.10. The van der Waals surface area contributed by atoms with Gasteiger partial charge < -0.3 is 5.73 Å². The monoisotopic (exact) mass is 212 g/mol. The molecule has 0 radical (unpaired) electrons. The Morgan fingerprint density at radius 2 is 1.69 bits per heavy atom. The average molecular weight is 212 g/mol. The number of nitrogens with zero attached hydrogens (tertiary/aromatic N) is 1. The fraction of sp³-hybridized carbons (Fsp3) is 0.214. The van der Waals surface area contributed by atoms with E-state index in [0.29, 0.717) is 0 Å². The molecule has 0 saturated heterocycles. The molecule has 1 aromatic carbocycles. The second-order valence-corrected chi connectivity index (χ2v) is 3.98. The molecule has 0 aliphatic carbocycles. The van der Waals surface area contributed by atoms with Gasteiger partial charge in [0.15, 0.2) is 0 Å². The summed E-state index contributed by atoms with van der Waals surface area (Å²) in [5, 5.41) is 0. The second-order valence-electron chi connectivity index (χ2n) is 3.98. The minimum absolute atomic E-state index is 0.136. The van der Waals surface area contributed by atoms with Gasteiger partial charge in [0.25, 0.3) is 0 Å². The molecule has 0 fully saturated rings. The highest BCUT2D eigenvalue weighted by molar-refractivity contribution is 5.16. The largest absolute Gasteiger partial charge is 0.327 e. The Balaban J connectivity index is 1.92. The molecule has 0 aliphatic heterocycles. The van der Waals surface area contributed by atoms with Gasteiger partial charge in [0.2, 0.25) is 0 Å². The summed E-state index contributed by atoms with van der Waals surface area (Å²) in [6.45, 7) is 0. The highest BCUT2D eigenvalue weighted by atomic mass is 14.7. The van der Waals surface area contributed by atoms with E-state index in [-0.39, 0.29) is 6.04 Å². The standard InChI is InChI=1S/C14H16N2/c15-13(10-12-6-2-1-3-7-12)11-14-8-4-5-9-16-14/h1-9,13H,10-11,15H2. The highest BCUT2D eigenvalue weighted by Gasteiger charge is 2.05. The molecule has 16 heavy (non-hydrogen) atoms. The molecule has 0 bridgehead atoms. The van der Waals surface area contributed by atoms with Gasteiger partial charge in [-0.05, 0) is 24.1 Å². The molecule has 2 nitrogen and oxygen atoms in total. The Labute approximate surface area is 96.1 Å². The Bertz CT molecular complexity index is 370. The lowest BCUT2D eigenvalue weighted by Crippen LogP contribution is -2.25. The van der Waals surface area contributed by atoms with Gasteiger partial charge >= 0.3 is 0 Å². The third kappa shape index (κ3) is 3.17. The van der Waals surface area contributed by atoms with Crippen LogP contribution in [0.2, 0.25) is 0 Å². The predicted molar refractivity (Wildman–Crippen MR) is 66.1 cm³/mol. The molecule has 0 saturated carbocycles. The van der Waals surface area contributed by atoms with Crippen LogP contribution in [-0.4, -0.2) is 11.0 Å². The predicted octanol–water partition coefficient (Wildman–Crippen LogP) is 2.19. The van der Waals surface area contributed by atoms with Gasteiger partial charge in [-0.25, -0.2) is 0 Å². The maximum Gasteiger partial charge on any atom is 0.0419 e. The van der Waals surface area contributed by atoms with E-state index in [4.69, 9.17) is 5.73 Å². The quantitative estimate of drug-likeness (QED) is 0.843. The van der Waals surface area contributed by atoms with Crippen molar-refractivity contribution in [2.45, 2.75) is 18.9 Å². The minimum atomic E-state index is 0.136. The Morgan fingerprint density at radius 3 is 2.38 bits per heavy atom. The Hall–Kier alpha value is -1.67. The molecule has 1 aromatic heterocycles. The normalized spacial score (nSPS) is 12.3. The Kier molecular flexibility index (Phi) is 3.67. The van der Waals surface area contributed by atoms with Crippen molar-refractivity contribution in [1.29, 1.82) is 0 Å². The van der Waals surface area contributed by atoms with Crippen LogP contribution in [0.3, 0.4) is 0 Å². The van der Waals surface area contributed by atoms with Crippen molar-refractivity contribution < 1.29 is 0 Å². The summed E-state index contributed by atoms with van der Waals surface area (Å²) in [6.07, 6.45) is 3.54. The van der Waals surface area contributed by atoms with Crippen molar-refractivity contribution in [3.63, 3.8) is 0 Å². The molecule has 1 unspecified atom stereocenters. The molecule has 0 aliphatic rings. The summed E-state index contributed by atoms with van der Waals surface area (Å²) < 4.78 is 0. The van der Waals surface area contributed by atoms with Crippen LogP contribution in [0.5, 0.6) is 0 Å². The van der Waals surface area contributed by atoms with Crippen LogP contribution >= 0.6 is 0 Å². The molecule has 0 spiro atoms. The number of nitrogens with two attached hydrogens (primary N) is 1. The van der Waals surface area contributed by atoms with E-state index in [1.807, 2.05) is 42.6 Å². The van der Waals surface area contributed by atoms with Crippen molar-refractivity contribution in [2.75, 3.05) is 0 Å². The van der Waals surface area contributed by atoms with Crippen LogP contribution in [0.25, 0.3) is 0 Å². The summed E-state index contributed by atoms with van der Waals surface area (Å²) in [5.41, 5.74) is 8.44. The molecule has 2 rings (SSSR count). The number of benzene rings is 1. The van der Waals surface area contributed by atoms with E-state index >= 15 is 0 Å². The number of pyridine rings is 1. The van der Waals surface area contributed by atoms with Crippen LogP contribution in [0.4, 0.5) is 0 Å². The maximum atomic E-state index is 6.10. The van der Waals surface area contributed by atoms with Crippen molar-refractivity contribution in [3.05, 3.63) is 66.0 Å². The lowest BCUT2D eigenvalue weighted by molar-refractivity contribution is 0.654. The smallest absolute Gasteiger partial charge is 0.0419 e. The van der Waals surface area contributed by atoms with Crippen molar-refractivity contribution in [2.24, 2.45) is 5.73 Å². The molecule has 1 atom stereocenters. The number of aromatic nitrogens is 1. The van der Waals surface area contributed by atoms with Crippen LogP contribution in [-0.2, 0) is 12.8 Å². The molecule has 0 amide bonds. The molecule has 1 heterocycles. The van der Waals surface area contributed by atoms with Crippen molar-refractivity contribution >= 4 is 0 Å². The summed E-state index contributed by atoms with van der Waals surface area (Å²) >= 11 is 0. The first-order valence-corrected chi connectivity index (χ1v) is 5.54. The Morgan fingerprint density at radius 1 is 0.938 bits per heavy atom. The first-order chi connectivity index (χ1) is 7.84. The minimum Gasteiger partial charge on any atom is -0.327 e. The van der Waals surface area contributed by atoms with E-state index in [0.717, 1.165) is 18.5 Å². The topological polar surface area (TPSA) is 38.9 Å². The van der Waals surface area contributed by atoms with Crippen molar-refractivity contribution in [1.82, 2.24) is 4.98 Å².